The fourth-order valence-corrected chi connectivity index (χ4v) is 2.10. The SMILES string of the molecule is CCCCN(CCCC)c1cc(NC)nc(C(C)(C)C)n1. The summed E-state index contributed by atoms with van der Waals surface area (Å²) in [4.78, 5) is 11.9. The highest BCUT2D eigenvalue weighted by atomic mass is 15.2. The van der Waals surface area contributed by atoms with E-state index in [2.05, 4.69) is 55.9 Å². The number of hydrogen-bond acceptors (Lipinski definition) is 4. The zero-order valence-corrected chi connectivity index (χ0v) is 14.7. The first-order valence-corrected chi connectivity index (χ1v) is 8.24. The van der Waals surface area contributed by atoms with Crippen molar-refractivity contribution in [3.05, 3.63) is 11.9 Å². The number of anilines is 2. The van der Waals surface area contributed by atoms with Crippen LogP contribution in [0.5, 0.6) is 0 Å². The molecule has 0 saturated carbocycles. The van der Waals surface area contributed by atoms with Crippen molar-refractivity contribution in [3.8, 4) is 0 Å². The van der Waals surface area contributed by atoms with Crippen molar-refractivity contribution >= 4 is 11.6 Å². The first-order chi connectivity index (χ1) is 9.92. The highest BCUT2D eigenvalue weighted by Crippen LogP contribution is 2.24. The molecule has 0 bridgehead atoms. The van der Waals surface area contributed by atoms with Gasteiger partial charge in [-0.25, -0.2) is 9.97 Å². The Morgan fingerprint density at radius 2 is 1.62 bits per heavy atom. The van der Waals surface area contributed by atoms with Crippen LogP contribution in [0.25, 0.3) is 0 Å². The van der Waals surface area contributed by atoms with Gasteiger partial charge in [0.25, 0.3) is 0 Å². The first kappa shape index (κ1) is 17.7. The smallest absolute Gasteiger partial charge is 0.138 e. The zero-order chi connectivity index (χ0) is 15.9. The highest BCUT2D eigenvalue weighted by Gasteiger charge is 2.20. The summed E-state index contributed by atoms with van der Waals surface area (Å²) in [5.74, 6) is 2.87. The lowest BCUT2D eigenvalue weighted by atomic mass is 9.96. The molecule has 0 aliphatic rings. The van der Waals surface area contributed by atoms with E-state index in [1.165, 1.54) is 25.7 Å². The summed E-state index contributed by atoms with van der Waals surface area (Å²) < 4.78 is 0. The molecule has 0 saturated heterocycles. The number of nitrogens with one attached hydrogen (secondary N) is 1. The van der Waals surface area contributed by atoms with Gasteiger partial charge in [0.05, 0.1) is 0 Å². The van der Waals surface area contributed by atoms with Crippen LogP contribution in [0, 0.1) is 0 Å². The average molecular weight is 292 g/mol. The molecular formula is C17H32N4. The minimum absolute atomic E-state index is 0.0389. The molecule has 1 N–H and O–H groups in total. The number of aromatic nitrogens is 2. The Bertz CT molecular complexity index is 415. The van der Waals surface area contributed by atoms with Gasteiger partial charge in [-0.3, -0.25) is 0 Å². The van der Waals surface area contributed by atoms with Crippen molar-refractivity contribution in [2.45, 2.75) is 65.7 Å². The quantitative estimate of drug-likeness (QED) is 0.779. The average Bonchev–Trinajstić information content (AvgIpc) is 2.46. The molecule has 0 atom stereocenters. The Morgan fingerprint density at radius 3 is 2.05 bits per heavy atom. The molecule has 0 fully saturated rings. The lowest BCUT2D eigenvalue weighted by Gasteiger charge is -2.26. The molecule has 1 rings (SSSR count). The fourth-order valence-electron chi connectivity index (χ4n) is 2.10. The van der Waals surface area contributed by atoms with Crippen LogP contribution in [0.2, 0.25) is 0 Å². The Morgan fingerprint density at radius 1 is 1.05 bits per heavy atom. The van der Waals surface area contributed by atoms with E-state index in [4.69, 9.17) is 4.98 Å². The van der Waals surface area contributed by atoms with E-state index < -0.39 is 0 Å². The Labute approximate surface area is 130 Å². The largest absolute Gasteiger partial charge is 0.373 e. The van der Waals surface area contributed by atoms with E-state index in [1.807, 2.05) is 7.05 Å². The highest BCUT2D eigenvalue weighted by molar-refractivity contribution is 5.49. The van der Waals surface area contributed by atoms with Gasteiger partial charge in [0.2, 0.25) is 0 Å². The van der Waals surface area contributed by atoms with E-state index in [1.54, 1.807) is 0 Å². The maximum atomic E-state index is 4.83. The van der Waals surface area contributed by atoms with Gasteiger partial charge >= 0.3 is 0 Å². The van der Waals surface area contributed by atoms with E-state index in [0.717, 1.165) is 30.5 Å². The standard InChI is InChI=1S/C17H32N4/c1-7-9-11-21(12-10-8-2)15-13-14(18-6)19-16(20-15)17(3,4)5/h13H,7-12H2,1-6H3,(H,18,19,20). The van der Waals surface area contributed by atoms with Crippen LogP contribution < -0.4 is 10.2 Å². The van der Waals surface area contributed by atoms with Crippen LogP contribution in [0.4, 0.5) is 11.6 Å². The van der Waals surface area contributed by atoms with Gasteiger partial charge in [0.1, 0.15) is 17.5 Å². The number of unbranched alkanes of at least 4 members (excludes halogenated alkanes) is 2. The summed E-state index contributed by atoms with van der Waals surface area (Å²) in [6, 6.07) is 2.07. The number of rotatable bonds is 8. The third-order valence-corrected chi connectivity index (χ3v) is 3.53. The van der Waals surface area contributed by atoms with Crippen molar-refractivity contribution in [2.24, 2.45) is 0 Å². The molecule has 1 heterocycles. The van der Waals surface area contributed by atoms with Gasteiger partial charge in [-0.2, -0.15) is 0 Å². The molecule has 1 aromatic rings. The Balaban J connectivity index is 3.09. The van der Waals surface area contributed by atoms with Crippen molar-refractivity contribution in [2.75, 3.05) is 30.4 Å². The van der Waals surface area contributed by atoms with Crippen LogP contribution in [0.3, 0.4) is 0 Å². The lowest BCUT2D eigenvalue weighted by Crippen LogP contribution is -2.28. The Kier molecular flexibility index (Phi) is 6.93. The molecule has 0 spiro atoms. The molecule has 21 heavy (non-hydrogen) atoms. The molecule has 4 heteroatoms. The molecule has 0 aliphatic heterocycles. The van der Waals surface area contributed by atoms with Crippen molar-refractivity contribution in [3.63, 3.8) is 0 Å². The predicted molar refractivity (Wildman–Crippen MR) is 92.3 cm³/mol. The third-order valence-electron chi connectivity index (χ3n) is 3.53. The lowest BCUT2D eigenvalue weighted by molar-refractivity contribution is 0.543. The van der Waals surface area contributed by atoms with Crippen LogP contribution in [0.1, 0.15) is 66.1 Å². The molecule has 0 aromatic carbocycles. The van der Waals surface area contributed by atoms with Gasteiger partial charge in [0.15, 0.2) is 0 Å². The second-order valence-electron chi connectivity index (χ2n) is 6.63. The number of nitrogens with zero attached hydrogens (tertiary/aromatic N) is 3. The van der Waals surface area contributed by atoms with Crippen LogP contribution in [-0.2, 0) is 5.41 Å². The minimum Gasteiger partial charge on any atom is -0.373 e. The molecule has 0 unspecified atom stereocenters. The topological polar surface area (TPSA) is 41.0 Å². The third kappa shape index (κ3) is 5.52. The maximum Gasteiger partial charge on any atom is 0.138 e. The van der Waals surface area contributed by atoms with Gasteiger partial charge < -0.3 is 10.2 Å². The van der Waals surface area contributed by atoms with Crippen molar-refractivity contribution in [1.29, 1.82) is 0 Å². The molecule has 1 aromatic heterocycles. The summed E-state index contributed by atoms with van der Waals surface area (Å²) in [6.45, 7) is 13.1. The summed E-state index contributed by atoms with van der Waals surface area (Å²) in [5.41, 5.74) is -0.0389. The summed E-state index contributed by atoms with van der Waals surface area (Å²) in [6.07, 6.45) is 4.82. The molecule has 4 nitrogen and oxygen atoms in total. The summed E-state index contributed by atoms with van der Waals surface area (Å²) in [7, 11) is 1.92. The summed E-state index contributed by atoms with van der Waals surface area (Å²) in [5, 5.41) is 3.17. The molecule has 0 aliphatic carbocycles. The molecule has 0 amide bonds. The molecule has 120 valence electrons. The monoisotopic (exact) mass is 292 g/mol. The van der Waals surface area contributed by atoms with Crippen molar-refractivity contribution < 1.29 is 0 Å². The summed E-state index contributed by atoms with van der Waals surface area (Å²) >= 11 is 0. The second kappa shape index (κ2) is 8.20. The van der Waals surface area contributed by atoms with E-state index in [9.17, 15) is 0 Å². The maximum absolute atomic E-state index is 4.83. The Hall–Kier alpha value is -1.32. The predicted octanol–water partition coefficient (Wildman–Crippen LogP) is 4.22. The van der Waals surface area contributed by atoms with Crippen molar-refractivity contribution in [1.82, 2.24) is 9.97 Å². The van der Waals surface area contributed by atoms with Gasteiger partial charge in [0, 0.05) is 31.6 Å². The van der Waals surface area contributed by atoms with Crippen LogP contribution in [0.15, 0.2) is 6.07 Å². The second-order valence-corrected chi connectivity index (χ2v) is 6.63. The first-order valence-electron chi connectivity index (χ1n) is 8.24. The zero-order valence-electron chi connectivity index (χ0n) is 14.7. The van der Waals surface area contributed by atoms with E-state index in [0.29, 0.717) is 0 Å². The fraction of sp³-hybridized carbons (Fsp3) is 0.765. The van der Waals surface area contributed by atoms with Crippen LogP contribution >= 0.6 is 0 Å². The minimum atomic E-state index is -0.0389. The number of hydrogen-bond donors (Lipinski definition) is 1. The van der Waals surface area contributed by atoms with Gasteiger partial charge in [-0.1, -0.05) is 47.5 Å². The van der Waals surface area contributed by atoms with E-state index in [-0.39, 0.29) is 5.41 Å². The normalized spacial score (nSPS) is 11.5. The van der Waals surface area contributed by atoms with Gasteiger partial charge in [-0.15, -0.1) is 0 Å². The van der Waals surface area contributed by atoms with Gasteiger partial charge in [-0.05, 0) is 12.8 Å². The van der Waals surface area contributed by atoms with E-state index >= 15 is 0 Å². The molecular weight excluding hydrogens is 260 g/mol. The van der Waals surface area contributed by atoms with Crippen LogP contribution in [-0.4, -0.2) is 30.1 Å². The molecule has 0 radical (unpaired) electrons.